The van der Waals surface area contributed by atoms with Crippen LogP contribution in [0.1, 0.15) is 33.6 Å². The topological polar surface area (TPSA) is 78.5 Å². The van der Waals surface area contributed by atoms with Crippen molar-refractivity contribution >= 4 is 17.6 Å². The van der Waals surface area contributed by atoms with Crippen molar-refractivity contribution in [2.75, 3.05) is 26.7 Å². The van der Waals surface area contributed by atoms with Gasteiger partial charge in [0.2, 0.25) is 11.8 Å². The molecule has 1 aliphatic rings. The number of carbonyl (C=O) groups excluding carboxylic acids is 3. The van der Waals surface area contributed by atoms with Crippen LogP contribution < -0.4 is 10.6 Å². The molecular formula is C15H27N3O3. The van der Waals surface area contributed by atoms with Crippen LogP contribution in [0, 0.1) is 11.8 Å². The summed E-state index contributed by atoms with van der Waals surface area (Å²) in [6.45, 7) is 7.09. The van der Waals surface area contributed by atoms with Crippen LogP contribution in [0.4, 0.5) is 0 Å². The van der Waals surface area contributed by atoms with Gasteiger partial charge in [0, 0.05) is 13.0 Å². The molecule has 0 bridgehead atoms. The van der Waals surface area contributed by atoms with Gasteiger partial charge in [-0.25, -0.2) is 0 Å². The van der Waals surface area contributed by atoms with Crippen molar-refractivity contribution in [2.24, 2.45) is 11.8 Å². The Morgan fingerprint density at radius 1 is 1.19 bits per heavy atom. The van der Waals surface area contributed by atoms with E-state index in [1.807, 2.05) is 18.7 Å². The number of rotatable bonds is 6. The summed E-state index contributed by atoms with van der Waals surface area (Å²) in [6, 6.07) is -0.416. The Bertz CT molecular complexity index is 388. The van der Waals surface area contributed by atoms with Crippen LogP contribution in [0.25, 0.3) is 0 Å². The minimum atomic E-state index is -0.416. The third kappa shape index (κ3) is 5.46. The van der Waals surface area contributed by atoms with E-state index < -0.39 is 6.04 Å². The number of piperidine rings is 1. The summed E-state index contributed by atoms with van der Waals surface area (Å²) in [4.78, 5) is 37.1. The highest BCUT2D eigenvalue weighted by Gasteiger charge is 2.26. The maximum absolute atomic E-state index is 12.0. The van der Waals surface area contributed by atoms with Crippen LogP contribution in [-0.2, 0) is 14.4 Å². The van der Waals surface area contributed by atoms with E-state index in [4.69, 9.17) is 0 Å². The molecule has 1 heterocycles. The fourth-order valence-electron chi connectivity index (χ4n) is 2.72. The van der Waals surface area contributed by atoms with E-state index in [2.05, 4.69) is 10.6 Å². The van der Waals surface area contributed by atoms with Gasteiger partial charge in [-0.3, -0.25) is 19.3 Å². The number of likely N-dealkylation sites (tertiary alicyclic amines) is 1. The third-order valence-corrected chi connectivity index (χ3v) is 3.99. The summed E-state index contributed by atoms with van der Waals surface area (Å²) < 4.78 is 0. The lowest BCUT2D eigenvalue weighted by Crippen LogP contribution is -2.49. The molecule has 0 aromatic heterocycles. The molecule has 1 saturated heterocycles. The number of amides is 2. The van der Waals surface area contributed by atoms with Gasteiger partial charge < -0.3 is 10.6 Å². The van der Waals surface area contributed by atoms with Crippen LogP contribution in [0.5, 0.6) is 0 Å². The average molecular weight is 297 g/mol. The van der Waals surface area contributed by atoms with Gasteiger partial charge in [0.15, 0.2) is 5.78 Å². The van der Waals surface area contributed by atoms with Gasteiger partial charge in [-0.2, -0.15) is 0 Å². The molecule has 6 heteroatoms. The monoisotopic (exact) mass is 297 g/mol. The molecule has 1 aliphatic heterocycles. The van der Waals surface area contributed by atoms with E-state index in [-0.39, 0.29) is 36.0 Å². The molecule has 0 spiro atoms. The van der Waals surface area contributed by atoms with Crippen LogP contribution in [0.15, 0.2) is 0 Å². The Hall–Kier alpha value is -1.43. The lowest BCUT2D eigenvalue weighted by molar-refractivity contribution is -0.129. The largest absolute Gasteiger partial charge is 0.359 e. The van der Waals surface area contributed by atoms with Gasteiger partial charge in [0.05, 0.1) is 12.6 Å². The van der Waals surface area contributed by atoms with Crippen molar-refractivity contribution in [2.45, 2.75) is 39.7 Å². The second-order valence-corrected chi connectivity index (χ2v) is 6.06. The summed E-state index contributed by atoms with van der Waals surface area (Å²) in [5, 5.41) is 5.47. The van der Waals surface area contributed by atoms with E-state index in [1.165, 1.54) is 6.92 Å². The second-order valence-electron chi connectivity index (χ2n) is 6.06. The lowest BCUT2D eigenvalue weighted by atomic mass is 9.96. The Labute approximate surface area is 126 Å². The first-order valence-corrected chi connectivity index (χ1v) is 7.59. The SMILES string of the molecule is CNC(=O)C1CCN(CC(=O)NC(C(C)=O)C(C)C)CC1. The summed E-state index contributed by atoms with van der Waals surface area (Å²) >= 11 is 0. The molecule has 120 valence electrons. The van der Waals surface area contributed by atoms with E-state index in [9.17, 15) is 14.4 Å². The van der Waals surface area contributed by atoms with Crippen LogP contribution in [0.3, 0.4) is 0 Å². The molecule has 0 aromatic rings. The summed E-state index contributed by atoms with van der Waals surface area (Å²) in [5.41, 5.74) is 0. The van der Waals surface area contributed by atoms with Gasteiger partial charge in [-0.1, -0.05) is 13.8 Å². The van der Waals surface area contributed by atoms with Gasteiger partial charge in [0.1, 0.15) is 0 Å². The van der Waals surface area contributed by atoms with E-state index in [1.54, 1.807) is 7.05 Å². The van der Waals surface area contributed by atoms with Gasteiger partial charge in [-0.05, 0) is 38.8 Å². The van der Waals surface area contributed by atoms with Crippen LogP contribution >= 0.6 is 0 Å². The highest BCUT2D eigenvalue weighted by atomic mass is 16.2. The molecular weight excluding hydrogens is 270 g/mol. The smallest absolute Gasteiger partial charge is 0.234 e. The molecule has 0 radical (unpaired) electrons. The van der Waals surface area contributed by atoms with Gasteiger partial charge >= 0.3 is 0 Å². The fourth-order valence-corrected chi connectivity index (χ4v) is 2.72. The van der Waals surface area contributed by atoms with Gasteiger partial charge in [0.25, 0.3) is 0 Å². The van der Waals surface area contributed by atoms with Crippen LogP contribution in [-0.4, -0.2) is 55.2 Å². The number of carbonyl (C=O) groups is 3. The highest BCUT2D eigenvalue weighted by Crippen LogP contribution is 2.16. The van der Waals surface area contributed by atoms with Crippen molar-refractivity contribution in [3.05, 3.63) is 0 Å². The zero-order valence-corrected chi connectivity index (χ0v) is 13.4. The Morgan fingerprint density at radius 3 is 2.19 bits per heavy atom. The molecule has 2 amide bonds. The molecule has 1 rings (SSSR count). The lowest BCUT2D eigenvalue weighted by Gasteiger charge is -2.31. The van der Waals surface area contributed by atoms with Crippen molar-refractivity contribution < 1.29 is 14.4 Å². The predicted molar refractivity (Wildman–Crippen MR) is 80.7 cm³/mol. The minimum Gasteiger partial charge on any atom is -0.359 e. The molecule has 1 fully saturated rings. The first-order valence-electron chi connectivity index (χ1n) is 7.59. The zero-order chi connectivity index (χ0) is 16.0. The van der Waals surface area contributed by atoms with Crippen molar-refractivity contribution in [3.8, 4) is 0 Å². The predicted octanol–water partition coefficient (Wildman–Crippen LogP) is 0.174. The minimum absolute atomic E-state index is 0.0170. The third-order valence-electron chi connectivity index (χ3n) is 3.99. The fraction of sp³-hybridized carbons (Fsp3) is 0.800. The molecule has 2 N–H and O–H groups in total. The molecule has 0 saturated carbocycles. The molecule has 1 atom stereocenters. The maximum Gasteiger partial charge on any atom is 0.234 e. The summed E-state index contributed by atoms with van der Waals surface area (Å²) in [5.74, 6) is 0.0786. The number of hydrogen-bond acceptors (Lipinski definition) is 4. The standard InChI is InChI=1S/C15H27N3O3/c1-10(2)14(11(3)19)17-13(20)9-18-7-5-12(6-8-18)15(21)16-4/h10,12,14H,5-9H2,1-4H3,(H,16,21)(H,17,20). The average Bonchev–Trinajstić information content (AvgIpc) is 2.44. The molecule has 21 heavy (non-hydrogen) atoms. The first kappa shape index (κ1) is 17.6. The number of nitrogens with one attached hydrogen (secondary N) is 2. The first-order chi connectivity index (χ1) is 9.85. The second kappa shape index (κ2) is 8.12. The Morgan fingerprint density at radius 2 is 1.76 bits per heavy atom. The number of nitrogens with zero attached hydrogens (tertiary/aromatic N) is 1. The zero-order valence-electron chi connectivity index (χ0n) is 13.4. The normalized spacial score (nSPS) is 18.3. The van der Waals surface area contributed by atoms with Crippen molar-refractivity contribution in [1.82, 2.24) is 15.5 Å². The van der Waals surface area contributed by atoms with Gasteiger partial charge in [-0.15, -0.1) is 0 Å². The van der Waals surface area contributed by atoms with E-state index in [0.29, 0.717) is 0 Å². The summed E-state index contributed by atoms with van der Waals surface area (Å²) in [6.07, 6.45) is 1.54. The number of Topliss-reactive ketones (excluding diaryl/α,β-unsaturated/α-hetero) is 1. The highest BCUT2D eigenvalue weighted by molar-refractivity contribution is 5.88. The molecule has 6 nitrogen and oxygen atoms in total. The van der Waals surface area contributed by atoms with E-state index >= 15 is 0 Å². The maximum atomic E-state index is 12.0. The van der Waals surface area contributed by atoms with Crippen LogP contribution in [0.2, 0.25) is 0 Å². The summed E-state index contributed by atoms with van der Waals surface area (Å²) in [7, 11) is 1.65. The van der Waals surface area contributed by atoms with Crippen molar-refractivity contribution in [3.63, 3.8) is 0 Å². The van der Waals surface area contributed by atoms with E-state index in [0.717, 1.165) is 25.9 Å². The number of ketones is 1. The molecule has 0 aromatic carbocycles. The molecule has 1 unspecified atom stereocenters. The Kier molecular flexibility index (Phi) is 6.81. The van der Waals surface area contributed by atoms with Crippen molar-refractivity contribution in [1.29, 1.82) is 0 Å². The quantitative estimate of drug-likeness (QED) is 0.733. The number of hydrogen-bond donors (Lipinski definition) is 2. The molecule has 0 aliphatic carbocycles. The Balaban J connectivity index is 2.40.